The highest BCUT2D eigenvalue weighted by atomic mass is 35.5. The number of ether oxygens (including phenoxy) is 1. The largest absolute Gasteiger partial charge is 0.507 e. The second-order valence-electron chi connectivity index (χ2n) is 24.5. The van der Waals surface area contributed by atoms with Crippen LogP contribution in [0.25, 0.3) is 21.7 Å². The number of alkyl carbamates (subject to hydrolysis) is 1. The number of alkyl halides is 1. The zero-order chi connectivity index (χ0) is 71.0. The smallest absolute Gasteiger partial charge is 0.408 e. The quantitative estimate of drug-likeness (QED) is 0.0363. The van der Waals surface area contributed by atoms with Crippen molar-refractivity contribution in [2.24, 2.45) is 42.3 Å². The molecule has 2 atom stereocenters. The second-order valence-corrected chi connectivity index (χ2v) is 24.8. The van der Waals surface area contributed by atoms with Crippen molar-refractivity contribution in [3.8, 4) is 5.75 Å². The minimum atomic E-state index is -1.32. The minimum absolute atomic E-state index is 0.0185. The Hall–Kier alpha value is -12.6. The van der Waals surface area contributed by atoms with Crippen LogP contribution in [0.3, 0.4) is 0 Å². The maximum atomic E-state index is 14.2. The summed E-state index contributed by atoms with van der Waals surface area (Å²) in [4.78, 5) is 156. The third-order valence-electron chi connectivity index (χ3n) is 15.8. The second kappa shape index (κ2) is 27.3. The van der Waals surface area contributed by atoms with Gasteiger partial charge in [-0.2, -0.15) is 0 Å². The van der Waals surface area contributed by atoms with E-state index in [4.69, 9.17) is 16.3 Å². The van der Waals surface area contributed by atoms with E-state index in [9.17, 15) is 53.1 Å². The molecule has 0 bridgehead atoms. The van der Waals surface area contributed by atoms with Gasteiger partial charge in [-0.15, -0.1) is 11.6 Å². The number of anilines is 8. The average Bonchev–Trinajstić information content (AvgIpc) is 1.62. The summed E-state index contributed by atoms with van der Waals surface area (Å²) in [6.07, 6.45) is 7.56. The summed E-state index contributed by atoms with van der Waals surface area (Å²) in [5.74, 6) is -5.60. The monoisotopic (exact) mass is 1370 g/mol. The van der Waals surface area contributed by atoms with E-state index in [2.05, 4.69) is 72.8 Å². The fourth-order valence-corrected chi connectivity index (χ4v) is 11.6. The number of phenolic OH excluding ortho intramolecular Hbond substituents is 1. The maximum Gasteiger partial charge on any atom is 0.408 e. The molecule has 0 fully saturated rings. The topological polar surface area (TPSA) is 409 Å². The van der Waals surface area contributed by atoms with Gasteiger partial charge >= 0.3 is 6.09 Å². The average molecular weight is 1370 g/mol. The lowest BCUT2D eigenvalue weighted by atomic mass is 9.95. The number of carbonyl (C=O) groups excluding carboxylic acids is 10. The third kappa shape index (κ3) is 14.7. The van der Waals surface area contributed by atoms with Crippen molar-refractivity contribution in [3.05, 3.63) is 150 Å². The number of aromatic amines is 1. The molecule has 0 radical (unpaired) electrons. The number of hydrogen-bond donors (Lipinski definition) is 11. The van der Waals surface area contributed by atoms with Crippen molar-refractivity contribution in [1.82, 2.24) is 63.0 Å². The van der Waals surface area contributed by atoms with E-state index < -0.39 is 59.1 Å². The van der Waals surface area contributed by atoms with Crippen molar-refractivity contribution in [2.75, 3.05) is 61.1 Å². The SMILES string of the molecule is CC(=O)Nc1cn(C)c(C(=O)Nc2cn(C)c(C(=O)Nc3cn(C)c(C(=O)Nc4cn(C)c(C(=O)NCC[C@@H](NC(=O)OC(C)(C)C)C(=O)Nc5ccc(C(=O)Nc6cn(C)cc6C(=O)Nc6ccc7[nH]c(C(=O)N8CC(CCl)c9c8cc(O)c8ccccc98)cc7c6)n5C)n4)n3)n2)n1. The molecule has 0 saturated heterocycles. The molecule has 10 aromatic rings. The van der Waals surface area contributed by atoms with Crippen LogP contribution in [0, 0.1) is 0 Å². The minimum Gasteiger partial charge on any atom is -0.507 e. The highest BCUT2D eigenvalue weighted by molar-refractivity contribution is 6.20. The van der Waals surface area contributed by atoms with Crippen LogP contribution in [0.4, 0.5) is 50.9 Å². The Morgan fingerprint density at radius 3 is 1.77 bits per heavy atom. The van der Waals surface area contributed by atoms with E-state index in [1.54, 1.807) is 80.9 Å². The summed E-state index contributed by atoms with van der Waals surface area (Å²) < 4.78 is 13.9. The zero-order valence-corrected chi connectivity index (χ0v) is 55.8. The highest BCUT2D eigenvalue weighted by Gasteiger charge is 2.36. The molecule has 512 valence electrons. The lowest BCUT2D eigenvalue weighted by Crippen LogP contribution is -2.47. The number of fused-ring (bicyclic) bond motifs is 4. The molecule has 10 amide bonds. The molecule has 11 rings (SSSR count). The van der Waals surface area contributed by atoms with Crippen molar-refractivity contribution in [2.45, 2.75) is 51.7 Å². The van der Waals surface area contributed by atoms with Gasteiger partial charge in [0.25, 0.3) is 41.4 Å². The van der Waals surface area contributed by atoms with Crippen LogP contribution in [0.5, 0.6) is 5.75 Å². The number of benzene rings is 3. The van der Waals surface area contributed by atoms with Gasteiger partial charge in [-0.3, -0.25) is 43.2 Å². The van der Waals surface area contributed by atoms with Gasteiger partial charge in [0, 0.05) is 139 Å². The van der Waals surface area contributed by atoms with Gasteiger partial charge in [0.1, 0.15) is 34.6 Å². The molecule has 7 aromatic heterocycles. The van der Waals surface area contributed by atoms with Gasteiger partial charge in [0.05, 0.1) is 16.9 Å². The lowest BCUT2D eigenvalue weighted by molar-refractivity contribution is -0.118. The summed E-state index contributed by atoms with van der Waals surface area (Å²) >= 11 is 6.44. The lowest BCUT2D eigenvalue weighted by Gasteiger charge is -2.23. The molecular weight excluding hydrogens is 1300 g/mol. The Kier molecular flexibility index (Phi) is 18.7. The molecule has 0 aliphatic carbocycles. The van der Waals surface area contributed by atoms with E-state index in [1.807, 2.05) is 24.3 Å². The Labute approximate surface area is 567 Å². The summed E-state index contributed by atoms with van der Waals surface area (Å²) in [7, 11) is 9.29. The van der Waals surface area contributed by atoms with Gasteiger partial charge in [-0.05, 0) is 74.5 Å². The fourth-order valence-electron chi connectivity index (χ4n) is 11.3. The first kappa shape index (κ1) is 67.9. The maximum absolute atomic E-state index is 14.2. The number of rotatable bonds is 20. The summed E-state index contributed by atoms with van der Waals surface area (Å²) in [6.45, 7) is 6.33. The number of aromatic nitrogens is 11. The molecule has 1 aliphatic heterocycles. The van der Waals surface area contributed by atoms with Gasteiger partial charge in [-0.1, -0.05) is 24.3 Å². The summed E-state index contributed by atoms with van der Waals surface area (Å²) in [5.41, 5.74) is 2.17. The molecule has 1 unspecified atom stereocenters. The summed E-state index contributed by atoms with van der Waals surface area (Å²) in [5, 5.41) is 36.9. The van der Waals surface area contributed by atoms with Gasteiger partial charge < -0.3 is 95.0 Å². The number of carbonyl (C=O) groups is 10. The Morgan fingerprint density at radius 1 is 0.636 bits per heavy atom. The first-order valence-corrected chi connectivity index (χ1v) is 31.2. The molecular formula is C65H68ClN21O12. The van der Waals surface area contributed by atoms with Crippen LogP contribution in [0.1, 0.15) is 119 Å². The number of nitrogens with one attached hydrogen (secondary N) is 10. The highest BCUT2D eigenvalue weighted by Crippen LogP contribution is 2.46. The van der Waals surface area contributed by atoms with E-state index in [0.717, 1.165) is 10.9 Å². The number of phenols is 1. The molecule has 99 heavy (non-hydrogen) atoms. The fraction of sp³-hybridized carbons (Fsp3) is 0.262. The summed E-state index contributed by atoms with van der Waals surface area (Å²) in [6, 6.07) is 17.4. The van der Waals surface area contributed by atoms with E-state index in [0.29, 0.717) is 34.2 Å². The standard InChI is InChI=1S/C65H68ClN21O12/c1-32(88)68-46-28-83(7)53(73-46)60(94)78-48-30-85(9)55(75-48)62(96)79-49-31-84(8)54(76-49)61(95)77-47-29-82(6)52(74-47)59(93)67-20-19-40(72-64(98)99-65(2,3)4)57(91)80-50-18-17-43(86(50)10)58(92)71-42-27-81(5)26-38(42)56(90)69-35-15-16-39-33(21-35)22-41(70-39)63(97)87-25-34(24-66)51-37-14-12-11-13-36(37)45(89)23-44(51)87/h11-18,21-23,26-31,34,40,70,89H,19-20,24-25H2,1-10H3,(H,67,93)(H,68,88)(H,69,90)(H,71,92)(H,72,98)(H,77,95)(H,78,94)(H,79,96)(H,80,91)/t34?,40-/m1/s1. The Morgan fingerprint density at radius 2 is 1.20 bits per heavy atom. The number of H-pyrrole nitrogens is 1. The van der Waals surface area contributed by atoms with E-state index in [1.165, 1.54) is 101 Å². The van der Waals surface area contributed by atoms with E-state index >= 15 is 0 Å². The number of aryl methyl sites for hydroxylation is 5. The first-order valence-electron chi connectivity index (χ1n) is 30.6. The predicted molar refractivity (Wildman–Crippen MR) is 366 cm³/mol. The molecule has 33 nitrogen and oxygen atoms in total. The molecule has 11 N–H and O–H groups in total. The van der Waals surface area contributed by atoms with Gasteiger partial charge in [-0.25, -0.2) is 24.7 Å². The van der Waals surface area contributed by atoms with Crippen LogP contribution >= 0.6 is 11.6 Å². The van der Waals surface area contributed by atoms with Crippen LogP contribution in [-0.4, -0.2) is 147 Å². The van der Waals surface area contributed by atoms with Crippen molar-refractivity contribution < 1.29 is 57.8 Å². The van der Waals surface area contributed by atoms with Crippen molar-refractivity contribution >= 4 is 139 Å². The van der Waals surface area contributed by atoms with Gasteiger partial charge in [0.15, 0.2) is 23.3 Å². The normalized spacial score (nSPS) is 13.0. The number of imidazole rings is 4. The molecule has 8 heterocycles. The van der Waals surface area contributed by atoms with Crippen molar-refractivity contribution in [1.29, 1.82) is 0 Å². The Balaban J connectivity index is 0.686. The zero-order valence-electron chi connectivity index (χ0n) is 55.0. The number of halogens is 1. The molecule has 0 saturated carbocycles. The number of hydrogen-bond acceptors (Lipinski definition) is 16. The Bertz CT molecular complexity index is 4960. The van der Waals surface area contributed by atoms with Crippen LogP contribution in [-0.2, 0) is 56.6 Å². The van der Waals surface area contributed by atoms with Crippen molar-refractivity contribution in [3.63, 3.8) is 0 Å². The number of aromatic hydroxyl groups is 1. The first-order chi connectivity index (χ1) is 47.0. The van der Waals surface area contributed by atoms with Crippen LogP contribution in [0.2, 0.25) is 0 Å². The molecule has 0 spiro atoms. The van der Waals surface area contributed by atoms with Gasteiger partial charge in [0.2, 0.25) is 35.1 Å². The van der Waals surface area contributed by atoms with Crippen LogP contribution < -0.4 is 52.8 Å². The molecule has 1 aliphatic rings. The molecule has 3 aromatic carbocycles. The van der Waals surface area contributed by atoms with Crippen LogP contribution in [0.15, 0.2) is 104 Å². The number of nitrogens with zero attached hydrogens (tertiary/aromatic N) is 11. The predicted octanol–water partition coefficient (Wildman–Crippen LogP) is 6.49. The third-order valence-corrected chi connectivity index (χ3v) is 16.2. The van der Waals surface area contributed by atoms with E-state index in [-0.39, 0.29) is 117 Å². The number of amides is 10. The molecule has 34 heteroatoms.